The lowest BCUT2D eigenvalue weighted by molar-refractivity contribution is -0.137. The minimum Gasteiger partial charge on any atom is -0.481 e. The first-order valence-electron chi connectivity index (χ1n) is 9.93. The van der Waals surface area contributed by atoms with E-state index in [1.807, 2.05) is 0 Å². The van der Waals surface area contributed by atoms with Gasteiger partial charge in [-0.1, -0.05) is 30.3 Å². The lowest BCUT2D eigenvalue weighted by atomic mass is 9.95. The molecule has 8 nitrogen and oxygen atoms in total. The van der Waals surface area contributed by atoms with E-state index in [1.54, 1.807) is 30.3 Å². The molecule has 2 aliphatic rings. The van der Waals surface area contributed by atoms with Crippen LogP contribution in [0.25, 0.3) is 22.6 Å². The van der Waals surface area contributed by atoms with Crippen molar-refractivity contribution in [3.63, 3.8) is 0 Å². The Labute approximate surface area is 179 Å². The van der Waals surface area contributed by atoms with E-state index < -0.39 is 28.8 Å². The minimum absolute atomic E-state index is 0.00869. The monoisotopic (exact) mass is 438 g/mol. The summed E-state index contributed by atoms with van der Waals surface area (Å²) in [6, 6.07) is 10.3. The number of halogens is 2. The zero-order valence-electron chi connectivity index (χ0n) is 16.6. The molecule has 0 bridgehead atoms. The largest absolute Gasteiger partial charge is 0.481 e. The molecular formula is C22H16F2N4O4. The molecule has 5 rings (SSSR count). The van der Waals surface area contributed by atoms with E-state index in [1.165, 1.54) is 9.58 Å². The molecule has 0 aliphatic carbocycles. The van der Waals surface area contributed by atoms with Gasteiger partial charge < -0.3 is 5.11 Å². The zero-order chi connectivity index (χ0) is 22.6. The maximum Gasteiger partial charge on any atom is 0.303 e. The molecule has 3 aromatic rings. The molecule has 0 spiro atoms. The van der Waals surface area contributed by atoms with Crippen molar-refractivity contribution in [2.45, 2.75) is 31.3 Å². The number of amides is 1. The van der Waals surface area contributed by atoms with E-state index in [0.717, 1.165) is 12.1 Å². The number of aromatic nitrogens is 3. The van der Waals surface area contributed by atoms with Crippen molar-refractivity contribution in [1.82, 2.24) is 14.8 Å². The highest BCUT2D eigenvalue weighted by molar-refractivity contribution is 6.01. The van der Waals surface area contributed by atoms with Crippen molar-refractivity contribution in [3.8, 4) is 22.6 Å². The van der Waals surface area contributed by atoms with Gasteiger partial charge in [-0.2, -0.15) is 10.1 Å². The number of nitrogens with zero attached hydrogens (tertiary/aromatic N) is 4. The summed E-state index contributed by atoms with van der Waals surface area (Å²) < 4.78 is 29.6. The number of hydrogen-bond acceptors (Lipinski definition) is 5. The Hall–Kier alpha value is -3.95. The summed E-state index contributed by atoms with van der Waals surface area (Å²) in [6.45, 7) is 0. The van der Waals surface area contributed by atoms with Gasteiger partial charge in [0.05, 0.1) is 5.69 Å². The summed E-state index contributed by atoms with van der Waals surface area (Å²) in [6.07, 6.45) is -0.135. The molecular weight excluding hydrogens is 422 g/mol. The van der Waals surface area contributed by atoms with Gasteiger partial charge in [-0.15, -0.1) is 0 Å². The molecule has 1 N–H and O–H groups in total. The highest BCUT2D eigenvalue weighted by Gasteiger charge is 2.53. The number of benzene rings is 2. The molecule has 2 aromatic carbocycles. The van der Waals surface area contributed by atoms with Crippen molar-refractivity contribution in [1.29, 1.82) is 0 Å². The van der Waals surface area contributed by atoms with Gasteiger partial charge in [0.25, 0.3) is 5.56 Å². The highest BCUT2D eigenvalue weighted by atomic mass is 19.2. The van der Waals surface area contributed by atoms with Gasteiger partial charge in [0.15, 0.2) is 23.2 Å². The molecule has 0 radical (unpaired) electrons. The predicted octanol–water partition coefficient (Wildman–Crippen LogP) is 2.91. The summed E-state index contributed by atoms with van der Waals surface area (Å²) in [5.41, 5.74) is -1.42. The summed E-state index contributed by atoms with van der Waals surface area (Å²) >= 11 is 0. The average Bonchev–Trinajstić information content (AvgIpc) is 3.11. The van der Waals surface area contributed by atoms with Gasteiger partial charge in [-0.3, -0.25) is 19.3 Å². The Bertz CT molecular complexity index is 1340. The van der Waals surface area contributed by atoms with Crippen molar-refractivity contribution in [2.24, 2.45) is 0 Å². The summed E-state index contributed by atoms with van der Waals surface area (Å²) in [5, 5.41) is 13.8. The molecule has 0 saturated carbocycles. The topological polar surface area (TPSA) is 105 Å². The Morgan fingerprint density at radius 1 is 1.12 bits per heavy atom. The van der Waals surface area contributed by atoms with E-state index in [9.17, 15) is 28.3 Å². The molecule has 1 atom stereocenters. The number of rotatable bonds is 4. The average molecular weight is 438 g/mol. The van der Waals surface area contributed by atoms with E-state index in [-0.39, 0.29) is 54.4 Å². The van der Waals surface area contributed by atoms with Crippen molar-refractivity contribution >= 4 is 17.6 Å². The van der Waals surface area contributed by atoms with Gasteiger partial charge >= 0.3 is 5.97 Å². The van der Waals surface area contributed by atoms with Crippen LogP contribution in [0, 0.1) is 11.6 Å². The fraction of sp³-hybridized carbons (Fsp3) is 0.227. The third kappa shape index (κ3) is 2.83. The van der Waals surface area contributed by atoms with Gasteiger partial charge in [0.2, 0.25) is 5.91 Å². The molecule has 10 heteroatoms. The second kappa shape index (κ2) is 7.04. The molecule has 2 aliphatic heterocycles. The van der Waals surface area contributed by atoms with Crippen molar-refractivity contribution in [3.05, 3.63) is 64.5 Å². The molecule has 1 aromatic heterocycles. The molecule has 1 fully saturated rings. The lowest BCUT2D eigenvalue weighted by Crippen LogP contribution is -2.53. The van der Waals surface area contributed by atoms with E-state index in [0.29, 0.717) is 5.56 Å². The number of carbonyl (C=O) groups excluding carboxylic acids is 1. The molecule has 32 heavy (non-hydrogen) atoms. The van der Waals surface area contributed by atoms with Crippen LogP contribution < -0.4 is 10.5 Å². The SMILES string of the molecule is O=C(O)CC[C@]12CCC(=O)N1c1cc(F)c(F)cc1-c1nc(=O)c(-c3ccccc3)nn12. The lowest BCUT2D eigenvalue weighted by Gasteiger charge is -2.44. The zero-order valence-corrected chi connectivity index (χ0v) is 16.6. The Kier molecular flexibility index (Phi) is 4.40. The second-order valence-corrected chi connectivity index (χ2v) is 7.76. The number of hydrogen-bond donors (Lipinski definition) is 1. The molecule has 0 unspecified atom stereocenters. The quantitative estimate of drug-likeness (QED) is 0.672. The van der Waals surface area contributed by atoms with Gasteiger partial charge in [-0.05, 0) is 6.07 Å². The first kappa shape index (κ1) is 20.0. The Morgan fingerprint density at radius 3 is 2.56 bits per heavy atom. The molecule has 162 valence electrons. The fourth-order valence-corrected chi connectivity index (χ4v) is 4.50. The van der Waals surface area contributed by atoms with Gasteiger partial charge in [0.1, 0.15) is 5.66 Å². The standard InChI is InChI=1S/C22H16F2N4O4/c23-14-10-13-16(11-15(14)24)27-17(29)6-8-22(27,9-7-18(30)31)28-20(13)25-21(32)19(26-28)12-4-2-1-3-5-12/h1-5,10-11H,6-9H2,(H,30,31)/t22-/m1/s1. The Morgan fingerprint density at radius 2 is 1.84 bits per heavy atom. The molecule has 1 saturated heterocycles. The van der Waals surface area contributed by atoms with Crippen LogP contribution in [-0.2, 0) is 15.3 Å². The van der Waals surface area contributed by atoms with Crippen LogP contribution in [0.2, 0.25) is 0 Å². The third-order valence-corrected chi connectivity index (χ3v) is 5.92. The smallest absolute Gasteiger partial charge is 0.303 e. The first-order chi connectivity index (χ1) is 15.3. The third-order valence-electron chi connectivity index (χ3n) is 5.92. The number of carboxylic acid groups (broad SMARTS) is 1. The van der Waals surface area contributed by atoms with Crippen LogP contribution in [0.3, 0.4) is 0 Å². The van der Waals surface area contributed by atoms with Crippen LogP contribution in [0.4, 0.5) is 14.5 Å². The van der Waals surface area contributed by atoms with E-state index in [2.05, 4.69) is 10.1 Å². The van der Waals surface area contributed by atoms with Crippen LogP contribution in [0.1, 0.15) is 25.7 Å². The number of fused-ring (bicyclic) bond motifs is 6. The molecule has 1 amide bonds. The highest BCUT2D eigenvalue weighted by Crippen LogP contribution is 2.50. The number of aliphatic carboxylic acids is 1. The van der Waals surface area contributed by atoms with Crippen molar-refractivity contribution in [2.75, 3.05) is 4.90 Å². The number of carboxylic acids is 1. The summed E-state index contributed by atoms with van der Waals surface area (Å²) in [7, 11) is 0. The summed E-state index contributed by atoms with van der Waals surface area (Å²) in [5.74, 6) is -3.84. The first-order valence-corrected chi connectivity index (χ1v) is 9.93. The molecule has 3 heterocycles. The van der Waals surface area contributed by atoms with Gasteiger partial charge in [-0.25, -0.2) is 13.5 Å². The predicted molar refractivity (Wildman–Crippen MR) is 109 cm³/mol. The number of anilines is 1. The normalized spacial score (nSPS) is 18.8. The van der Waals surface area contributed by atoms with E-state index >= 15 is 0 Å². The Balaban J connectivity index is 1.84. The maximum atomic E-state index is 14.2. The summed E-state index contributed by atoms with van der Waals surface area (Å²) in [4.78, 5) is 42.5. The van der Waals surface area contributed by atoms with Crippen LogP contribution in [0.15, 0.2) is 47.3 Å². The fourth-order valence-electron chi connectivity index (χ4n) is 4.50. The number of carbonyl (C=O) groups is 2. The van der Waals surface area contributed by atoms with E-state index in [4.69, 9.17) is 0 Å². The van der Waals surface area contributed by atoms with Crippen molar-refractivity contribution < 1.29 is 23.5 Å². The maximum absolute atomic E-state index is 14.2. The van der Waals surface area contributed by atoms with Crippen LogP contribution in [-0.4, -0.2) is 31.7 Å². The van der Waals surface area contributed by atoms with Gasteiger partial charge in [0, 0.05) is 42.9 Å². The van der Waals surface area contributed by atoms with Crippen LogP contribution in [0.5, 0.6) is 0 Å². The second-order valence-electron chi connectivity index (χ2n) is 7.76. The van der Waals surface area contributed by atoms with Crippen LogP contribution >= 0.6 is 0 Å². The minimum atomic E-state index is -1.31.